The summed E-state index contributed by atoms with van der Waals surface area (Å²) in [6.45, 7) is 0. The highest BCUT2D eigenvalue weighted by Crippen LogP contribution is 2.20. The topological polar surface area (TPSA) is 62.2 Å². The van der Waals surface area contributed by atoms with Crippen molar-refractivity contribution in [2.24, 2.45) is 0 Å². The van der Waals surface area contributed by atoms with Gasteiger partial charge in [0.25, 0.3) is 5.91 Å². The van der Waals surface area contributed by atoms with Crippen LogP contribution in [0.4, 0.5) is 4.39 Å². The smallest absolute Gasteiger partial charge is 0.275 e. The number of hydrogen-bond acceptors (Lipinski definition) is 3. The molecule has 0 aliphatic carbocycles. The van der Waals surface area contributed by atoms with E-state index in [2.05, 4.69) is 4.98 Å². The average molecular weight is 206 g/mol. The molecule has 0 bridgehead atoms. The van der Waals surface area contributed by atoms with Crippen molar-refractivity contribution in [3.8, 4) is 0 Å². The van der Waals surface area contributed by atoms with Gasteiger partial charge in [-0.15, -0.1) is 0 Å². The summed E-state index contributed by atoms with van der Waals surface area (Å²) in [6.07, 6.45) is 2.81. The highest BCUT2D eigenvalue weighted by Gasteiger charge is 2.11. The summed E-state index contributed by atoms with van der Waals surface area (Å²) >= 11 is 0. The Morgan fingerprint density at radius 1 is 1.33 bits per heavy atom. The van der Waals surface area contributed by atoms with Crippen LogP contribution in [-0.2, 0) is 0 Å². The van der Waals surface area contributed by atoms with Crippen molar-refractivity contribution in [2.75, 3.05) is 0 Å². The Morgan fingerprint density at radius 2 is 2.13 bits per heavy atom. The van der Waals surface area contributed by atoms with E-state index < -0.39 is 11.7 Å². The van der Waals surface area contributed by atoms with Crippen LogP contribution in [0.1, 0.15) is 10.4 Å². The molecule has 1 aromatic heterocycles. The number of halogens is 1. The van der Waals surface area contributed by atoms with Gasteiger partial charge in [0.1, 0.15) is 5.82 Å². The first-order chi connectivity index (χ1) is 7.24. The minimum atomic E-state index is -0.687. The SMILES string of the molecule is O=C(NO)c1ccc(F)c2ccncc12. The molecule has 1 aromatic carbocycles. The zero-order valence-electron chi connectivity index (χ0n) is 7.57. The second-order valence-corrected chi connectivity index (χ2v) is 2.96. The quantitative estimate of drug-likeness (QED) is 0.549. The molecule has 1 heterocycles. The molecule has 0 aliphatic rings. The van der Waals surface area contributed by atoms with Gasteiger partial charge in [-0.25, -0.2) is 9.87 Å². The summed E-state index contributed by atoms with van der Waals surface area (Å²) in [5, 5.41) is 9.17. The van der Waals surface area contributed by atoms with Crippen LogP contribution in [0, 0.1) is 5.82 Å². The molecule has 2 aromatic rings. The van der Waals surface area contributed by atoms with E-state index in [4.69, 9.17) is 5.21 Å². The molecule has 1 amide bonds. The van der Waals surface area contributed by atoms with Crippen molar-refractivity contribution in [2.45, 2.75) is 0 Å². The summed E-state index contributed by atoms with van der Waals surface area (Å²) in [6, 6.07) is 3.94. The molecule has 0 radical (unpaired) electrons. The number of pyridine rings is 1. The van der Waals surface area contributed by atoms with Crippen LogP contribution in [0.25, 0.3) is 10.8 Å². The lowest BCUT2D eigenvalue weighted by atomic mass is 10.1. The number of hydrogen-bond donors (Lipinski definition) is 2. The molecular formula is C10H7FN2O2. The highest BCUT2D eigenvalue weighted by atomic mass is 19.1. The van der Waals surface area contributed by atoms with Crippen LogP contribution in [0.3, 0.4) is 0 Å². The zero-order valence-corrected chi connectivity index (χ0v) is 7.57. The summed E-state index contributed by atoms with van der Waals surface area (Å²) in [5.41, 5.74) is 1.69. The monoisotopic (exact) mass is 206 g/mol. The third-order valence-corrected chi connectivity index (χ3v) is 2.11. The average Bonchev–Trinajstić information content (AvgIpc) is 2.29. The standard InChI is InChI=1S/C10H7FN2O2/c11-9-2-1-7(10(14)13-15)8-5-12-4-3-6(8)9/h1-5,15H,(H,13,14). The van der Waals surface area contributed by atoms with Gasteiger partial charge < -0.3 is 0 Å². The summed E-state index contributed by atoms with van der Waals surface area (Å²) in [7, 11) is 0. The number of carbonyl (C=O) groups excluding carboxylic acids is 1. The van der Waals surface area contributed by atoms with Gasteiger partial charge in [-0.2, -0.15) is 0 Å². The van der Waals surface area contributed by atoms with Crippen LogP contribution < -0.4 is 5.48 Å². The largest absolute Gasteiger partial charge is 0.288 e. The molecule has 0 atom stereocenters. The number of nitrogens with zero attached hydrogens (tertiary/aromatic N) is 1. The minimum absolute atomic E-state index is 0.182. The third kappa shape index (κ3) is 1.53. The predicted octanol–water partition coefficient (Wildman–Crippen LogP) is 1.49. The van der Waals surface area contributed by atoms with E-state index in [9.17, 15) is 9.18 Å². The Labute approximate surface area is 84.3 Å². The van der Waals surface area contributed by atoms with E-state index in [-0.39, 0.29) is 5.56 Å². The first-order valence-corrected chi connectivity index (χ1v) is 4.20. The van der Waals surface area contributed by atoms with Crippen LogP contribution in [0.5, 0.6) is 0 Å². The molecule has 2 N–H and O–H groups in total. The number of benzene rings is 1. The number of rotatable bonds is 1. The molecular weight excluding hydrogens is 199 g/mol. The maximum absolute atomic E-state index is 13.3. The molecule has 0 fully saturated rings. The third-order valence-electron chi connectivity index (χ3n) is 2.11. The summed E-state index contributed by atoms with van der Waals surface area (Å²) in [4.78, 5) is 15.0. The predicted molar refractivity (Wildman–Crippen MR) is 51.0 cm³/mol. The van der Waals surface area contributed by atoms with Gasteiger partial charge in [0.2, 0.25) is 0 Å². The van der Waals surface area contributed by atoms with Crippen LogP contribution in [0.15, 0.2) is 30.6 Å². The van der Waals surface area contributed by atoms with Gasteiger partial charge >= 0.3 is 0 Å². The number of fused-ring (bicyclic) bond motifs is 1. The summed E-state index contributed by atoms with van der Waals surface area (Å²) < 4.78 is 13.3. The van der Waals surface area contributed by atoms with Crippen molar-refractivity contribution >= 4 is 16.7 Å². The van der Waals surface area contributed by atoms with E-state index in [1.54, 1.807) is 0 Å². The number of amides is 1. The first kappa shape index (κ1) is 9.54. The lowest BCUT2D eigenvalue weighted by Gasteiger charge is -2.04. The lowest BCUT2D eigenvalue weighted by molar-refractivity contribution is 0.0708. The Hall–Kier alpha value is -2.01. The van der Waals surface area contributed by atoms with E-state index in [1.165, 1.54) is 36.1 Å². The Bertz CT molecular complexity index is 528. The molecule has 76 valence electrons. The van der Waals surface area contributed by atoms with Crippen molar-refractivity contribution in [1.29, 1.82) is 0 Å². The van der Waals surface area contributed by atoms with Crippen molar-refractivity contribution in [1.82, 2.24) is 10.5 Å². The number of aromatic nitrogens is 1. The molecule has 4 nitrogen and oxygen atoms in total. The van der Waals surface area contributed by atoms with Gasteiger partial charge in [0.05, 0.1) is 5.56 Å². The fraction of sp³-hybridized carbons (Fsp3) is 0. The van der Waals surface area contributed by atoms with Gasteiger partial charge in [-0.1, -0.05) is 0 Å². The van der Waals surface area contributed by atoms with Crippen LogP contribution in [0.2, 0.25) is 0 Å². The molecule has 0 saturated heterocycles. The molecule has 5 heteroatoms. The first-order valence-electron chi connectivity index (χ1n) is 4.20. The second kappa shape index (κ2) is 3.62. The fourth-order valence-corrected chi connectivity index (χ4v) is 1.41. The van der Waals surface area contributed by atoms with E-state index in [0.29, 0.717) is 10.8 Å². The van der Waals surface area contributed by atoms with Gasteiger partial charge in [-0.05, 0) is 18.2 Å². The van der Waals surface area contributed by atoms with Gasteiger partial charge in [0, 0.05) is 23.2 Å². The maximum Gasteiger partial charge on any atom is 0.275 e. The van der Waals surface area contributed by atoms with Gasteiger partial charge in [0.15, 0.2) is 0 Å². The van der Waals surface area contributed by atoms with Crippen molar-refractivity contribution in [3.05, 3.63) is 42.0 Å². The highest BCUT2D eigenvalue weighted by molar-refractivity contribution is 6.06. The molecule has 0 unspecified atom stereocenters. The van der Waals surface area contributed by atoms with Crippen LogP contribution >= 0.6 is 0 Å². The lowest BCUT2D eigenvalue weighted by Crippen LogP contribution is -2.19. The second-order valence-electron chi connectivity index (χ2n) is 2.96. The van der Waals surface area contributed by atoms with Crippen molar-refractivity contribution < 1.29 is 14.4 Å². The maximum atomic E-state index is 13.3. The molecule has 0 saturated carbocycles. The minimum Gasteiger partial charge on any atom is -0.288 e. The summed E-state index contributed by atoms with van der Waals surface area (Å²) in [5.74, 6) is -1.12. The van der Waals surface area contributed by atoms with Gasteiger partial charge in [-0.3, -0.25) is 15.0 Å². The molecule has 15 heavy (non-hydrogen) atoms. The fourth-order valence-electron chi connectivity index (χ4n) is 1.41. The number of carbonyl (C=O) groups is 1. The number of nitrogens with one attached hydrogen (secondary N) is 1. The zero-order chi connectivity index (χ0) is 10.8. The normalized spacial score (nSPS) is 10.3. The molecule has 2 rings (SSSR count). The molecule has 0 spiro atoms. The molecule has 0 aliphatic heterocycles. The Balaban J connectivity index is 2.77. The van der Waals surface area contributed by atoms with E-state index >= 15 is 0 Å². The van der Waals surface area contributed by atoms with E-state index in [0.717, 1.165) is 0 Å². The Kier molecular flexibility index (Phi) is 2.31. The van der Waals surface area contributed by atoms with Crippen LogP contribution in [-0.4, -0.2) is 16.1 Å². The van der Waals surface area contributed by atoms with E-state index in [1.807, 2.05) is 0 Å². The number of hydroxylamine groups is 1. The van der Waals surface area contributed by atoms with Crippen molar-refractivity contribution in [3.63, 3.8) is 0 Å². The Morgan fingerprint density at radius 3 is 2.87 bits per heavy atom.